The summed E-state index contributed by atoms with van der Waals surface area (Å²) in [6.07, 6.45) is 5.77. The van der Waals surface area contributed by atoms with Gasteiger partial charge in [-0.1, -0.05) is 6.07 Å². The second kappa shape index (κ2) is 5.64. The van der Waals surface area contributed by atoms with Gasteiger partial charge < -0.3 is 14.0 Å². The van der Waals surface area contributed by atoms with E-state index < -0.39 is 0 Å². The topological polar surface area (TPSA) is 46.8 Å². The maximum absolute atomic E-state index is 12.8. The van der Waals surface area contributed by atoms with E-state index in [1.54, 1.807) is 0 Å². The van der Waals surface area contributed by atoms with Crippen molar-refractivity contribution in [2.24, 2.45) is 5.41 Å². The lowest BCUT2D eigenvalue weighted by Gasteiger charge is -2.39. The molecule has 23 heavy (non-hydrogen) atoms. The molecule has 0 radical (unpaired) electrons. The number of fused-ring (bicyclic) bond motifs is 1. The third-order valence-corrected chi connectivity index (χ3v) is 5.35. The Balaban J connectivity index is 1.54. The fraction of sp³-hybridized carbons (Fsp3) is 0.556. The van der Waals surface area contributed by atoms with Crippen LogP contribution in [-0.4, -0.2) is 46.5 Å². The van der Waals surface area contributed by atoms with Crippen LogP contribution in [0.1, 0.15) is 30.7 Å². The Hall–Kier alpha value is -1.88. The van der Waals surface area contributed by atoms with E-state index in [1.165, 1.54) is 6.42 Å². The first kappa shape index (κ1) is 14.7. The van der Waals surface area contributed by atoms with Crippen molar-refractivity contribution in [3.05, 3.63) is 35.8 Å². The number of nitrogens with zero attached hydrogens (tertiary/aromatic N) is 3. The molecule has 0 aliphatic carbocycles. The highest BCUT2D eigenvalue weighted by Crippen LogP contribution is 2.37. The number of hydrogen-bond acceptors (Lipinski definition) is 3. The number of carbonyl (C=O) groups excluding carboxylic acids is 1. The molecule has 2 aromatic heterocycles. The van der Waals surface area contributed by atoms with E-state index in [9.17, 15) is 4.79 Å². The number of hydrogen-bond donors (Lipinski definition) is 0. The van der Waals surface area contributed by atoms with Crippen molar-refractivity contribution in [2.75, 3.05) is 26.3 Å². The molecule has 0 saturated carbocycles. The molecule has 2 saturated heterocycles. The highest BCUT2D eigenvalue weighted by Gasteiger charge is 2.40. The summed E-state index contributed by atoms with van der Waals surface area (Å²) >= 11 is 0. The van der Waals surface area contributed by atoms with E-state index >= 15 is 0 Å². The lowest BCUT2D eigenvalue weighted by Crippen LogP contribution is -2.47. The van der Waals surface area contributed by atoms with Gasteiger partial charge in [0.2, 0.25) is 5.91 Å². The van der Waals surface area contributed by atoms with Crippen molar-refractivity contribution >= 4 is 11.6 Å². The highest BCUT2D eigenvalue weighted by atomic mass is 16.5. The molecule has 2 aliphatic rings. The van der Waals surface area contributed by atoms with E-state index in [2.05, 4.69) is 4.98 Å². The summed E-state index contributed by atoms with van der Waals surface area (Å²) in [6, 6.07) is 5.93. The van der Waals surface area contributed by atoms with Gasteiger partial charge in [0.1, 0.15) is 5.65 Å². The number of pyridine rings is 1. The molecule has 4 rings (SSSR count). The van der Waals surface area contributed by atoms with Gasteiger partial charge in [-0.05, 0) is 38.3 Å². The first-order chi connectivity index (χ1) is 11.2. The number of imidazole rings is 1. The predicted octanol–water partition coefficient (Wildman–Crippen LogP) is 2.21. The van der Waals surface area contributed by atoms with Crippen molar-refractivity contribution in [2.45, 2.75) is 32.6 Å². The molecule has 2 aromatic rings. The van der Waals surface area contributed by atoms with Gasteiger partial charge >= 0.3 is 0 Å². The average Bonchev–Trinajstić information content (AvgIpc) is 3.13. The van der Waals surface area contributed by atoms with E-state index in [1.807, 2.05) is 40.6 Å². The third-order valence-electron chi connectivity index (χ3n) is 5.35. The van der Waals surface area contributed by atoms with Crippen LogP contribution < -0.4 is 0 Å². The van der Waals surface area contributed by atoms with Crippen molar-refractivity contribution in [3.63, 3.8) is 0 Å². The van der Waals surface area contributed by atoms with Crippen LogP contribution in [0.5, 0.6) is 0 Å². The SMILES string of the molecule is Cc1nc2ccccn2c1CC(=O)N1CCC[C@@]2(CCOC2)C1. The molecule has 2 aliphatic heterocycles. The van der Waals surface area contributed by atoms with Gasteiger partial charge in [0.25, 0.3) is 0 Å². The first-order valence-electron chi connectivity index (χ1n) is 8.45. The van der Waals surface area contributed by atoms with Crippen LogP contribution in [0.25, 0.3) is 5.65 Å². The summed E-state index contributed by atoms with van der Waals surface area (Å²) in [5.41, 5.74) is 3.07. The van der Waals surface area contributed by atoms with E-state index in [0.717, 1.165) is 56.2 Å². The molecule has 1 amide bonds. The summed E-state index contributed by atoms with van der Waals surface area (Å²) in [5, 5.41) is 0. The largest absolute Gasteiger partial charge is 0.381 e. The molecule has 1 atom stereocenters. The number of aryl methyl sites for hydroxylation is 1. The second-order valence-corrected chi connectivity index (χ2v) is 6.97. The molecule has 5 heteroatoms. The summed E-state index contributed by atoms with van der Waals surface area (Å²) < 4.78 is 7.63. The van der Waals surface area contributed by atoms with Gasteiger partial charge in [0, 0.05) is 31.3 Å². The lowest BCUT2D eigenvalue weighted by atomic mass is 9.79. The highest BCUT2D eigenvalue weighted by molar-refractivity contribution is 5.79. The first-order valence-corrected chi connectivity index (χ1v) is 8.45. The van der Waals surface area contributed by atoms with Crippen LogP contribution in [0.15, 0.2) is 24.4 Å². The maximum atomic E-state index is 12.8. The normalized spacial score (nSPS) is 24.7. The fourth-order valence-electron chi connectivity index (χ4n) is 4.02. The Morgan fingerprint density at radius 1 is 1.39 bits per heavy atom. The zero-order valence-electron chi connectivity index (χ0n) is 13.6. The van der Waals surface area contributed by atoms with Crippen LogP contribution in [0.3, 0.4) is 0 Å². The Morgan fingerprint density at radius 3 is 3.13 bits per heavy atom. The van der Waals surface area contributed by atoms with Crippen LogP contribution in [0, 0.1) is 12.3 Å². The van der Waals surface area contributed by atoms with Crippen molar-refractivity contribution in [3.8, 4) is 0 Å². The minimum atomic E-state index is 0.211. The van der Waals surface area contributed by atoms with Gasteiger partial charge in [0.15, 0.2) is 0 Å². The molecule has 0 N–H and O–H groups in total. The summed E-state index contributed by atoms with van der Waals surface area (Å²) in [5.74, 6) is 0.213. The molecule has 5 nitrogen and oxygen atoms in total. The number of likely N-dealkylation sites (tertiary alicyclic amines) is 1. The summed E-state index contributed by atoms with van der Waals surface area (Å²) in [6.45, 7) is 5.36. The van der Waals surface area contributed by atoms with Gasteiger partial charge in [-0.2, -0.15) is 0 Å². The van der Waals surface area contributed by atoms with Crippen LogP contribution in [-0.2, 0) is 16.0 Å². The Bertz CT molecular complexity index is 731. The Labute approximate surface area is 136 Å². The minimum absolute atomic E-state index is 0.211. The molecular formula is C18H23N3O2. The van der Waals surface area contributed by atoms with E-state index in [0.29, 0.717) is 6.42 Å². The summed E-state index contributed by atoms with van der Waals surface area (Å²) in [4.78, 5) is 19.4. The molecule has 1 spiro atoms. The second-order valence-electron chi connectivity index (χ2n) is 6.97. The van der Waals surface area contributed by atoms with E-state index in [4.69, 9.17) is 4.74 Å². The number of rotatable bonds is 2. The maximum Gasteiger partial charge on any atom is 0.228 e. The number of amides is 1. The monoisotopic (exact) mass is 313 g/mol. The van der Waals surface area contributed by atoms with Crippen LogP contribution >= 0.6 is 0 Å². The minimum Gasteiger partial charge on any atom is -0.381 e. The fourth-order valence-corrected chi connectivity index (χ4v) is 4.02. The van der Waals surface area contributed by atoms with Crippen LogP contribution in [0.4, 0.5) is 0 Å². The number of piperidine rings is 1. The van der Waals surface area contributed by atoms with Gasteiger partial charge in [0.05, 0.1) is 24.4 Å². The van der Waals surface area contributed by atoms with Gasteiger partial charge in [-0.3, -0.25) is 4.79 Å². The molecular weight excluding hydrogens is 290 g/mol. The van der Waals surface area contributed by atoms with Crippen molar-refractivity contribution < 1.29 is 9.53 Å². The molecule has 122 valence electrons. The third kappa shape index (κ3) is 2.63. The predicted molar refractivity (Wildman–Crippen MR) is 87.3 cm³/mol. The zero-order chi connectivity index (χ0) is 15.9. The molecule has 0 unspecified atom stereocenters. The van der Waals surface area contributed by atoms with E-state index in [-0.39, 0.29) is 11.3 Å². The lowest BCUT2D eigenvalue weighted by molar-refractivity contribution is -0.134. The van der Waals surface area contributed by atoms with Gasteiger partial charge in [-0.15, -0.1) is 0 Å². The smallest absolute Gasteiger partial charge is 0.228 e. The molecule has 2 fully saturated rings. The zero-order valence-corrected chi connectivity index (χ0v) is 13.6. The van der Waals surface area contributed by atoms with Crippen LogP contribution in [0.2, 0.25) is 0 Å². The quantitative estimate of drug-likeness (QED) is 0.854. The number of aromatic nitrogens is 2. The average molecular weight is 313 g/mol. The molecule has 0 aromatic carbocycles. The standard InChI is InChI=1S/C18H23N3O2/c1-14-15(21-9-3-2-5-16(21)19-14)11-17(22)20-8-4-6-18(12-20)7-10-23-13-18/h2-3,5,9H,4,6-8,10-13H2,1H3/t18-/m1/s1. The number of ether oxygens (including phenoxy) is 1. The molecule has 4 heterocycles. The van der Waals surface area contributed by atoms with Gasteiger partial charge in [-0.25, -0.2) is 4.98 Å². The summed E-state index contributed by atoms with van der Waals surface area (Å²) in [7, 11) is 0. The number of carbonyl (C=O) groups is 1. The molecule has 0 bridgehead atoms. The van der Waals surface area contributed by atoms with Crippen molar-refractivity contribution in [1.29, 1.82) is 0 Å². The Kier molecular flexibility index (Phi) is 3.60. The Morgan fingerprint density at radius 2 is 2.30 bits per heavy atom. The van der Waals surface area contributed by atoms with Crippen molar-refractivity contribution in [1.82, 2.24) is 14.3 Å².